The fourth-order valence-corrected chi connectivity index (χ4v) is 5.03. The highest BCUT2D eigenvalue weighted by molar-refractivity contribution is 6.35. The topological polar surface area (TPSA) is 130 Å². The molecular formula is C22H29ClN6O3. The first-order valence-corrected chi connectivity index (χ1v) is 11.6. The maximum Gasteiger partial charge on any atom is 0.238 e. The van der Waals surface area contributed by atoms with Gasteiger partial charge in [0.1, 0.15) is 11.6 Å². The Bertz CT molecular complexity index is 1030. The second-order valence-electron chi connectivity index (χ2n) is 8.86. The van der Waals surface area contributed by atoms with Gasteiger partial charge in [-0.15, -0.1) is 5.10 Å². The maximum atomic E-state index is 11.7. The van der Waals surface area contributed by atoms with Crippen LogP contribution in [-0.2, 0) is 14.9 Å². The van der Waals surface area contributed by atoms with Crippen LogP contribution in [0, 0.1) is 17.2 Å². The third-order valence-electron chi connectivity index (χ3n) is 6.94. The lowest BCUT2D eigenvalue weighted by Gasteiger charge is -2.41. The number of likely N-dealkylation sites (tertiary alicyclic amines) is 1. The van der Waals surface area contributed by atoms with Gasteiger partial charge in [0.25, 0.3) is 0 Å². The van der Waals surface area contributed by atoms with Crippen molar-refractivity contribution in [2.24, 2.45) is 5.92 Å². The number of rotatable bonds is 3. The van der Waals surface area contributed by atoms with E-state index in [1.165, 1.54) is 6.42 Å². The van der Waals surface area contributed by atoms with E-state index in [0.717, 1.165) is 44.3 Å². The van der Waals surface area contributed by atoms with Gasteiger partial charge in [-0.3, -0.25) is 4.79 Å². The van der Waals surface area contributed by atoms with Crippen molar-refractivity contribution < 1.29 is 14.6 Å². The van der Waals surface area contributed by atoms with Gasteiger partial charge in [0.05, 0.1) is 47.7 Å². The summed E-state index contributed by atoms with van der Waals surface area (Å²) >= 11 is 6.29. The molecule has 0 bridgehead atoms. The minimum Gasteiger partial charge on any atom is -0.391 e. The molecule has 1 saturated carbocycles. The van der Waals surface area contributed by atoms with Crippen molar-refractivity contribution in [3.63, 3.8) is 0 Å². The highest BCUT2D eigenvalue weighted by Crippen LogP contribution is 2.49. The summed E-state index contributed by atoms with van der Waals surface area (Å²) in [6.45, 7) is 4.57. The van der Waals surface area contributed by atoms with Crippen LogP contribution < -0.4 is 5.73 Å². The van der Waals surface area contributed by atoms with E-state index in [1.54, 1.807) is 15.6 Å². The van der Waals surface area contributed by atoms with Crippen LogP contribution in [0.25, 0.3) is 5.52 Å². The van der Waals surface area contributed by atoms with E-state index < -0.39 is 0 Å². The van der Waals surface area contributed by atoms with Gasteiger partial charge in [-0.2, -0.15) is 5.26 Å². The molecule has 2 saturated heterocycles. The van der Waals surface area contributed by atoms with Crippen molar-refractivity contribution >= 4 is 29.0 Å². The number of fused-ring (bicyclic) bond motifs is 1. The molecule has 3 N–H and O–H groups in total. The van der Waals surface area contributed by atoms with Gasteiger partial charge in [-0.1, -0.05) is 24.9 Å². The van der Waals surface area contributed by atoms with Gasteiger partial charge in [-0.05, 0) is 32.1 Å². The number of hydrogen-bond donors (Lipinski definition) is 2. The normalized spacial score (nSPS) is 22.3. The van der Waals surface area contributed by atoms with Crippen molar-refractivity contribution in [1.82, 2.24) is 19.5 Å². The van der Waals surface area contributed by atoms with Gasteiger partial charge in [0.15, 0.2) is 0 Å². The molecule has 0 radical (unpaired) electrons. The number of nitrogens with zero attached hydrogens (tertiary/aromatic N) is 5. The Morgan fingerprint density at radius 2 is 2.19 bits per heavy atom. The quantitative estimate of drug-likeness (QED) is 0.718. The van der Waals surface area contributed by atoms with Crippen LogP contribution in [0.3, 0.4) is 0 Å². The van der Waals surface area contributed by atoms with E-state index in [1.807, 2.05) is 0 Å². The molecule has 0 spiro atoms. The zero-order chi connectivity index (χ0) is 22.9. The van der Waals surface area contributed by atoms with Gasteiger partial charge in [0, 0.05) is 18.5 Å². The maximum absolute atomic E-state index is 11.7. The molecule has 1 aliphatic carbocycles. The predicted molar refractivity (Wildman–Crippen MR) is 119 cm³/mol. The zero-order valence-electron chi connectivity index (χ0n) is 18.3. The number of aromatic nitrogens is 3. The minimum atomic E-state index is -0.321. The average molecular weight is 461 g/mol. The minimum absolute atomic E-state index is 0.00190. The smallest absolute Gasteiger partial charge is 0.238 e. The molecule has 3 fully saturated rings. The van der Waals surface area contributed by atoms with Gasteiger partial charge < -0.3 is 20.5 Å². The lowest BCUT2D eigenvalue weighted by atomic mass is 9.64. The number of nitriles is 1. The number of ether oxygens (including phenoxy) is 1. The number of hydrogen-bond acceptors (Lipinski definition) is 7. The highest BCUT2D eigenvalue weighted by atomic mass is 35.5. The number of aliphatic hydroxyl groups is 1. The van der Waals surface area contributed by atoms with Crippen LogP contribution in [0.1, 0.15) is 56.7 Å². The number of aliphatic hydroxyl groups excluding tert-OH is 1. The number of carbonyl (C=O) groups excluding carboxylic acids is 1. The summed E-state index contributed by atoms with van der Waals surface area (Å²) in [7, 11) is 0. The van der Waals surface area contributed by atoms with Crippen LogP contribution in [0.2, 0.25) is 5.02 Å². The monoisotopic (exact) mass is 460 g/mol. The second-order valence-corrected chi connectivity index (χ2v) is 9.24. The van der Waals surface area contributed by atoms with Gasteiger partial charge in [0.2, 0.25) is 11.9 Å². The standard InChI is InChI=1S/C13H14ClN5.C9H15NO3/c1-2-13(4-3-5-13)11-8(6-15)10(14)9-7-17-12(16)18-19(9)11;11-8-2-1-3-10(4-8)9(12)7-5-13-6-7/h7H,2-5H2,1H3,(H2,16,18);7-8,11H,1-6H2. The van der Waals surface area contributed by atoms with Crippen LogP contribution in [0.4, 0.5) is 5.95 Å². The molecule has 1 atom stereocenters. The lowest BCUT2D eigenvalue weighted by Crippen LogP contribution is -2.49. The second kappa shape index (κ2) is 9.22. The summed E-state index contributed by atoms with van der Waals surface area (Å²) in [6.07, 6.45) is 7.26. The van der Waals surface area contributed by atoms with E-state index in [-0.39, 0.29) is 29.3 Å². The van der Waals surface area contributed by atoms with E-state index in [4.69, 9.17) is 22.1 Å². The van der Waals surface area contributed by atoms with Crippen molar-refractivity contribution in [3.05, 3.63) is 22.5 Å². The molecule has 10 heteroatoms. The number of β-amino-alcohol motifs (C(OH)–C–C–N with tert-alkyl or cyclic N) is 1. The fourth-order valence-electron chi connectivity index (χ4n) is 4.77. The summed E-state index contributed by atoms with van der Waals surface area (Å²) in [5, 5.41) is 23.5. The summed E-state index contributed by atoms with van der Waals surface area (Å²) in [5.74, 6) is 0.408. The molecule has 3 aliphatic rings. The van der Waals surface area contributed by atoms with Gasteiger partial charge in [-0.25, -0.2) is 9.50 Å². The summed E-state index contributed by atoms with van der Waals surface area (Å²) < 4.78 is 6.68. The Morgan fingerprint density at radius 1 is 1.44 bits per heavy atom. The molecule has 32 heavy (non-hydrogen) atoms. The molecule has 5 rings (SSSR count). The van der Waals surface area contributed by atoms with E-state index in [0.29, 0.717) is 35.9 Å². The number of halogens is 1. The average Bonchev–Trinajstić information content (AvgIpc) is 2.98. The fraction of sp³-hybridized carbons (Fsp3) is 0.636. The zero-order valence-corrected chi connectivity index (χ0v) is 19.0. The number of amides is 1. The molecule has 2 aromatic rings. The van der Waals surface area contributed by atoms with E-state index in [2.05, 4.69) is 23.1 Å². The highest BCUT2D eigenvalue weighted by Gasteiger charge is 2.42. The Kier molecular flexibility index (Phi) is 6.56. The first-order valence-electron chi connectivity index (χ1n) is 11.2. The lowest BCUT2D eigenvalue weighted by molar-refractivity contribution is -0.152. The summed E-state index contributed by atoms with van der Waals surface area (Å²) in [6, 6.07) is 2.22. The van der Waals surface area contributed by atoms with E-state index in [9.17, 15) is 15.2 Å². The largest absolute Gasteiger partial charge is 0.391 e. The van der Waals surface area contributed by atoms with Gasteiger partial charge >= 0.3 is 0 Å². The third kappa shape index (κ3) is 4.03. The molecule has 1 amide bonds. The van der Waals surface area contributed by atoms with Crippen molar-refractivity contribution in [3.8, 4) is 6.07 Å². The van der Waals surface area contributed by atoms with Crippen molar-refractivity contribution in [2.45, 2.75) is 57.0 Å². The first kappa shape index (κ1) is 22.8. The Labute approximate surface area is 192 Å². The number of anilines is 1. The van der Waals surface area contributed by atoms with Crippen LogP contribution in [0.5, 0.6) is 0 Å². The molecule has 2 aliphatic heterocycles. The van der Waals surface area contributed by atoms with Crippen molar-refractivity contribution in [1.29, 1.82) is 5.26 Å². The predicted octanol–water partition coefficient (Wildman–Crippen LogP) is 2.28. The third-order valence-corrected chi connectivity index (χ3v) is 7.32. The Balaban J connectivity index is 0.000000165. The van der Waals surface area contributed by atoms with Crippen LogP contribution in [-0.4, -0.2) is 62.9 Å². The first-order chi connectivity index (χ1) is 15.4. The number of piperidine rings is 1. The molecule has 2 aromatic heterocycles. The number of carbonyl (C=O) groups is 1. The Morgan fingerprint density at radius 3 is 2.72 bits per heavy atom. The van der Waals surface area contributed by atoms with Crippen molar-refractivity contribution in [2.75, 3.05) is 32.0 Å². The number of nitrogen functional groups attached to an aromatic ring is 1. The molecular weight excluding hydrogens is 432 g/mol. The SMILES string of the molecule is CCC1(c2c(C#N)c(Cl)c3cnc(N)nn23)CCC1.O=C(C1COC1)N1CCCC(O)C1. The molecule has 1 unspecified atom stereocenters. The molecule has 0 aromatic carbocycles. The Hall–Kier alpha value is -2.41. The van der Waals surface area contributed by atoms with E-state index >= 15 is 0 Å². The molecule has 4 heterocycles. The number of nitrogens with two attached hydrogens (primary N) is 1. The molecule has 9 nitrogen and oxygen atoms in total. The summed E-state index contributed by atoms with van der Waals surface area (Å²) in [5.41, 5.74) is 7.74. The van der Waals surface area contributed by atoms with Crippen LogP contribution >= 0.6 is 11.6 Å². The summed E-state index contributed by atoms with van der Waals surface area (Å²) in [4.78, 5) is 17.4. The van der Waals surface area contributed by atoms with Crippen LogP contribution in [0.15, 0.2) is 6.20 Å². The molecule has 172 valence electrons.